The first-order chi connectivity index (χ1) is 8.20. The van der Waals surface area contributed by atoms with Crippen LogP contribution >= 0.6 is 0 Å². The summed E-state index contributed by atoms with van der Waals surface area (Å²) in [5, 5.41) is 10.3. The van der Waals surface area contributed by atoms with Crippen LogP contribution in [-0.2, 0) is 0 Å². The van der Waals surface area contributed by atoms with Gasteiger partial charge >= 0.3 is 0 Å². The van der Waals surface area contributed by atoms with E-state index in [2.05, 4.69) is 28.5 Å². The van der Waals surface area contributed by atoms with E-state index in [1.165, 1.54) is 0 Å². The van der Waals surface area contributed by atoms with Crippen LogP contribution in [0, 0.1) is 6.92 Å². The highest BCUT2D eigenvalue weighted by molar-refractivity contribution is 5.51. The first-order valence-electron chi connectivity index (χ1n) is 5.61. The van der Waals surface area contributed by atoms with E-state index in [0.717, 1.165) is 22.7 Å². The van der Waals surface area contributed by atoms with Gasteiger partial charge < -0.3 is 10.1 Å². The zero-order valence-corrected chi connectivity index (χ0v) is 10.3. The predicted molar refractivity (Wildman–Crippen MR) is 68.4 cm³/mol. The molecule has 0 saturated heterocycles. The van der Waals surface area contributed by atoms with Crippen LogP contribution in [0.3, 0.4) is 0 Å². The lowest BCUT2D eigenvalue weighted by atomic mass is 10.1. The summed E-state index contributed by atoms with van der Waals surface area (Å²) in [5.74, 6) is 0.907. The van der Waals surface area contributed by atoms with Crippen molar-refractivity contribution < 1.29 is 4.74 Å². The number of benzene rings is 1. The minimum Gasteiger partial charge on any atom is -0.496 e. The summed E-state index contributed by atoms with van der Waals surface area (Å²) >= 11 is 0. The Morgan fingerprint density at radius 2 is 2.18 bits per heavy atom. The van der Waals surface area contributed by atoms with Gasteiger partial charge in [0, 0.05) is 11.9 Å². The molecule has 17 heavy (non-hydrogen) atoms. The van der Waals surface area contributed by atoms with Gasteiger partial charge in [-0.1, -0.05) is 0 Å². The lowest BCUT2D eigenvalue weighted by Crippen LogP contribution is -2.07. The molecule has 4 heteroatoms. The van der Waals surface area contributed by atoms with E-state index in [9.17, 15) is 0 Å². The molecule has 0 amide bonds. The van der Waals surface area contributed by atoms with Crippen molar-refractivity contribution >= 4 is 5.69 Å². The van der Waals surface area contributed by atoms with Gasteiger partial charge in [-0.2, -0.15) is 5.10 Å². The van der Waals surface area contributed by atoms with E-state index in [0.29, 0.717) is 0 Å². The molecule has 2 aromatic rings. The molecule has 2 rings (SSSR count). The lowest BCUT2D eigenvalue weighted by molar-refractivity contribution is 0.412. The number of hydrogen-bond acceptors (Lipinski definition) is 3. The number of aromatic amines is 1. The molecule has 4 nitrogen and oxygen atoms in total. The Balaban J connectivity index is 2.11. The molecule has 1 heterocycles. The average molecular weight is 231 g/mol. The number of nitrogens with zero attached hydrogens (tertiary/aromatic N) is 1. The van der Waals surface area contributed by atoms with Gasteiger partial charge in [-0.05, 0) is 43.7 Å². The van der Waals surface area contributed by atoms with Gasteiger partial charge in [0.05, 0.1) is 18.8 Å². The number of rotatable bonds is 4. The molecular formula is C13H17N3O. The maximum Gasteiger partial charge on any atom is 0.121 e. The van der Waals surface area contributed by atoms with Gasteiger partial charge in [-0.3, -0.25) is 5.10 Å². The number of anilines is 1. The topological polar surface area (TPSA) is 49.9 Å². The van der Waals surface area contributed by atoms with Crippen LogP contribution in [0.1, 0.15) is 24.2 Å². The number of aromatic nitrogens is 2. The Bertz CT molecular complexity index is 479. The maximum absolute atomic E-state index is 5.23. The Morgan fingerprint density at radius 3 is 2.76 bits per heavy atom. The molecular weight excluding hydrogens is 214 g/mol. The second kappa shape index (κ2) is 4.91. The molecule has 0 spiro atoms. The average Bonchev–Trinajstić information content (AvgIpc) is 2.82. The molecule has 0 aliphatic heterocycles. The fourth-order valence-corrected chi connectivity index (χ4v) is 1.80. The smallest absolute Gasteiger partial charge is 0.121 e. The summed E-state index contributed by atoms with van der Waals surface area (Å²) in [5.41, 5.74) is 3.26. The third kappa shape index (κ3) is 2.58. The van der Waals surface area contributed by atoms with Crippen molar-refractivity contribution in [3.8, 4) is 5.75 Å². The molecule has 1 aromatic carbocycles. The number of hydrogen-bond donors (Lipinski definition) is 2. The first kappa shape index (κ1) is 11.5. The first-order valence-corrected chi connectivity index (χ1v) is 5.61. The number of nitrogens with one attached hydrogen (secondary N) is 2. The van der Waals surface area contributed by atoms with Crippen molar-refractivity contribution in [3.63, 3.8) is 0 Å². The van der Waals surface area contributed by atoms with Crippen LogP contribution in [0.25, 0.3) is 0 Å². The molecule has 0 saturated carbocycles. The predicted octanol–water partition coefficient (Wildman–Crippen LogP) is 2.90. The highest BCUT2D eigenvalue weighted by Crippen LogP contribution is 2.24. The van der Waals surface area contributed by atoms with Crippen LogP contribution in [0.5, 0.6) is 5.75 Å². The summed E-state index contributed by atoms with van der Waals surface area (Å²) in [6.07, 6.45) is 1.76. The summed E-state index contributed by atoms with van der Waals surface area (Å²) in [7, 11) is 1.68. The molecule has 1 atom stereocenters. The van der Waals surface area contributed by atoms with Crippen molar-refractivity contribution in [1.82, 2.24) is 10.2 Å². The lowest BCUT2D eigenvalue weighted by Gasteiger charge is -2.15. The number of ether oxygens (including phenoxy) is 1. The molecule has 1 aromatic heterocycles. The Morgan fingerprint density at radius 1 is 1.35 bits per heavy atom. The molecule has 0 radical (unpaired) electrons. The molecule has 0 aliphatic carbocycles. The van der Waals surface area contributed by atoms with Gasteiger partial charge in [-0.15, -0.1) is 0 Å². The zero-order valence-electron chi connectivity index (χ0n) is 10.3. The van der Waals surface area contributed by atoms with Crippen molar-refractivity contribution in [2.24, 2.45) is 0 Å². The van der Waals surface area contributed by atoms with Gasteiger partial charge in [0.2, 0.25) is 0 Å². The maximum atomic E-state index is 5.23. The summed E-state index contributed by atoms with van der Waals surface area (Å²) in [6, 6.07) is 8.22. The van der Waals surface area contributed by atoms with Gasteiger partial charge in [-0.25, -0.2) is 0 Å². The standard InChI is InChI=1S/C13H17N3O/c1-9-8-11(4-5-13(9)17-3)15-10(2)12-6-7-14-16-12/h4-8,10,15H,1-3H3,(H,14,16). The highest BCUT2D eigenvalue weighted by atomic mass is 16.5. The normalized spacial score (nSPS) is 12.2. The molecule has 0 aliphatic rings. The van der Waals surface area contributed by atoms with Crippen LogP contribution in [-0.4, -0.2) is 17.3 Å². The Labute approximate surface area is 101 Å². The van der Waals surface area contributed by atoms with Crippen molar-refractivity contribution in [1.29, 1.82) is 0 Å². The van der Waals surface area contributed by atoms with E-state index in [1.807, 2.05) is 25.1 Å². The van der Waals surface area contributed by atoms with Crippen molar-refractivity contribution in [2.45, 2.75) is 19.9 Å². The van der Waals surface area contributed by atoms with Gasteiger partial charge in [0.15, 0.2) is 0 Å². The molecule has 1 unspecified atom stereocenters. The Hall–Kier alpha value is -1.97. The monoisotopic (exact) mass is 231 g/mol. The minimum atomic E-state index is 0.199. The third-order valence-electron chi connectivity index (χ3n) is 2.77. The van der Waals surface area contributed by atoms with Gasteiger partial charge in [0.1, 0.15) is 5.75 Å². The van der Waals surface area contributed by atoms with E-state index < -0.39 is 0 Å². The quantitative estimate of drug-likeness (QED) is 0.850. The SMILES string of the molecule is COc1ccc(NC(C)c2ccn[nH]2)cc1C. The summed E-state index contributed by atoms with van der Waals surface area (Å²) in [6.45, 7) is 4.12. The third-order valence-corrected chi connectivity index (χ3v) is 2.77. The zero-order chi connectivity index (χ0) is 12.3. The summed E-state index contributed by atoms with van der Waals surface area (Å²) in [4.78, 5) is 0. The van der Waals surface area contributed by atoms with Crippen LogP contribution in [0.15, 0.2) is 30.5 Å². The highest BCUT2D eigenvalue weighted by Gasteiger charge is 2.07. The number of aryl methyl sites for hydroxylation is 1. The molecule has 2 N–H and O–H groups in total. The Kier molecular flexibility index (Phi) is 3.32. The van der Waals surface area contributed by atoms with E-state index in [1.54, 1.807) is 13.3 Å². The second-order valence-corrected chi connectivity index (χ2v) is 4.06. The second-order valence-electron chi connectivity index (χ2n) is 4.06. The fraction of sp³-hybridized carbons (Fsp3) is 0.308. The van der Waals surface area contributed by atoms with Crippen molar-refractivity contribution in [2.75, 3.05) is 12.4 Å². The van der Waals surface area contributed by atoms with Crippen LogP contribution in [0.4, 0.5) is 5.69 Å². The summed E-state index contributed by atoms with van der Waals surface area (Å²) < 4.78 is 5.23. The largest absolute Gasteiger partial charge is 0.496 e. The van der Waals surface area contributed by atoms with E-state index in [4.69, 9.17) is 4.74 Å². The van der Waals surface area contributed by atoms with E-state index >= 15 is 0 Å². The molecule has 0 fully saturated rings. The number of H-pyrrole nitrogens is 1. The van der Waals surface area contributed by atoms with E-state index in [-0.39, 0.29) is 6.04 Å². The van der Waals surface area contributed by atoms with Gasteiger partial charge in [0.25, 0.3) is 0 Å². The minimum absolute atomic E-state index is 0.199. The molecule has 90 valence electrons. The number of methoxy groups -OCH3 is 1. The fourth-order valence-electron chi connectivity index (χ4n) is 1.80. The molecule has 0 bridgehead atoms. The van der Waals surface area contributed by atoms with Crippen LogP contribution in [0.2, 0.25) is 0 Å². The van der Waals surface area contributed by atoms with Crippen LogP contribution < -0.4 is 10.1 Å². The van der Waals surface area contributed by atoms with Crippen molar-refractivity contribution in [3.05, 3.63) is 41.7 Å².